The number of hydrogen-bond donors (Lipinski definition) is 0. The molecule has 1 saturated heterocycles. The summed E-state index contributed by atoms with van der Waals surface area (Å²) in [6, 6.07) is 7.16. The summed E-state index contributed by atoms with van der Waals surface area (Å²) < 4.78 is 28.0. The predicted molar refractivity (Wildman–Crippen MR) is 69.5 cm³/mol. The van der Waals surface area contributed by atoms with E-state index in [1.54, 1.807) is 24.3 Å². The molecule has 1 aliphatic heterocycles. The van der Waals surface area contributed by atoms with Gasteiger partial charge in [-0.2, -0.15) is 4.98 Å². The van der Waals surface area contributed by atoms with E-state index in [1.165, 1.54) is 4.90 Å². The number of oxazole rings is 1. The maximum Gasteiger partial charge on any atom is 0.305 e. The molecular weight excluding hydrogens is 292 g/mol. The Balaban J connectivity index is 1.96. The second-order valence-corrected chi connectivity index (χ2v) is 7.18. The number of fused-ring (bicyclic) bond motifs is 1. The van der Waals surface area contributed by atoms with Crippen LogP contribution >= 0.6 is 10.7 Å². The van der Waals surface area contributed by atoms with Crippen LogP contribution in [0, 0.1) is 0 Å². The molecule has 1 unspecified atom stereocenters. The minimum absolute atomic E-state index is 0.0303. The van der Waals surface area contributed by atoms with Crippen LogP contribution < -0.4 is 4.90 Å². The first kappa shape index (κ1) is 12.4. The third-order valence-electron chi connectivity index (χ3n) is 3.00. The summed E-state index contributed by atoms with van der Waals surface area (Å²) in [5.74, 6) is -0.360. The number of aromatic nitrogens is 1. The highest BCUT2D eigenvalue weighted by atomic mass is 35.7. The van der Waals surface area contributed by atoms with Gasteiger partial charge < -0.3 is 4.42 Å². The van der Waals surface area contributed by atoms with Crippen molar-refractivity contribution < 1.29 is 17.6 Å². The molecule has 1 atom stereocenters. The van der Waals surface area contributed by atoms with Crippen molar-refractivity contribution in [2.24, 2.45) is 0 Å². The second kappa shape index (κ2) is 4.21. The molecule has 0 N–H and O–H groups in total. The smallest absolute Gasteiger partial charge is 0.305 e. The van der Waals surface area contributed by atoms with E-state index in [0.717, 1.165) is 0 Å². The zero-order valence-electron chi connectivity index (χ0n) is 9.61. The van der Waals surface area contributed by atoms with Crippen LogP contribution in [0.15, 0.2) is 28.7 Å². The van der Waals surface area contributed by atoms with E-state index >= 15 is 0 Å². The van der Waals surface area contributed by atoms with Gasteiger partial charge in [-0.05, 0) is 12.1 Å². The van der Waals surface area contributed by atoms with Crippen molar-refractivity contribution in [2.45, 2.75) is 11.7 Å². The molecule has 1 aromatic heterocycles. The molecule has 0 aliphatic carbocycles. The molecule has 0 spiro atoms. The Kier molecular flexibility index (Phi) is 2.75. The lowest BCUT2D eigenvalue weighted by atomic mass is 10.3. The molecule has 1 aromatic carbocycles. The Bertz CT molecular complexity index is 722. The lowest BCUT2D eigenvalue weighted by molar-refractivity contribution is -0.117. The molecule has 2 heterocycles. The van der Waals surface area contributed by atoms with Crippen molar-refractivity contribution in [2.75, 3.05) is 11.4 Å². The standard InChI is InChI=1S/C11H9ClN2O4S/c12-19(16,17)7-5-10(15)14(6-7)11-13-8-3-1-2-4-9(8)18-11/h1-4,7H,5-6H2. The van der Waals surface area contributed by atoms with Crippen molar-refractivity contribution in [3.8, 4) is 0 Å². The van der Waals surface area contributed by atoms with Crippen LogP contribution in [0.2, 0.25) is 0 Å². The molecule has 2 aromatic rings. The van der Waals surface area contributed by atoms with E-state index < -0.39 is 14.3 Å². The van der Waals surface area contributed by atoms with Gasteiger partial charge in [-0.1, -0.05) is 12.1 Å². The zero-order valence-corrected chi connectivity index (χ0v) is 11.2. The van der Waals surface area contributed by atoms with Crippen LogP contribution in [0.3, 0.4) is 0 Å². The van der Waals surface area contributed by atoms with Crippen LogP contribution in [-0.4, -0.2) is 31.1 Å². The highest BCUT2D eigenvalue weighted by Crippen LogP contribution is 2.28. The van der Waals surface area contributed by atoms with Gasteiger partial charge in [-0.15, -0.1) is 0 Å². The highest BCUT2D eigenvalue weighted by molar-refractivity contribution is 8.14. The molecule has 19 heavy (non-hydrogen) atoms. The molecule has 8 heteroatoms. The average molecular weight is 301 g/mol. The normalized spacial score (nSPS) is 20.4. The van der Waals surface area contributed by atoms with Crippen LogP contribution in [0.4, 0.5) is 6.01 Å². The monoisotopic (exact) mass is 300 g/mol. The molecule has 6 nitrogen and oxygen atoms in total. The Hall–Kier alpha value is -1.60. The van der Waals surface area contributed by atoms with Gasteiger partial charge in [0.2, 0.25) is 15.0 Å². The SMILES string of the molecule is O=C1CC(S(=O)(=O)Cl)CN1c1nc2ccccc2o1. The summed E-state index contributed by atoms with van der Waals surface area (Å²) >= 11 is 0. The van der Waals surface area contributed by atoms with Crippen LogP contribution in [0.25, 0.3) is 11.1 Å². The maximum atomic E-state index is 11.8. The molecule has 1 amide bonds. The summed E-state index contributed by atoms with van der Waals surface area (Å²) in [4.78, 5) is 17.2. The molecular formula is C11H9ClN2O4S. The Morgan fingerprint density at radius 3 is 2.74 bits per heavy atom. The van der Waals surface area contributed by atoms with Crippen molar-refractivity contribution in [3.63, 3.8) is 0 Å². The van der Waals surface area contributed by atoms with E-state index in [4.69, 9.17) is 15.1 Å². The van der Waals surface area contributed by atoms with Gasteiger partial charge in [0, 0.05) is 23.6 Å². The zero-order chi connectivity index (χ0) is 13.6. The van der Waals surface area contributed by atoms with Crippen molar-refractivity contribution >= 4 is 42.8 Å². The van der Waals surface area contributed by atoms with Gasteiger partial charge in [0.05, 0.1) is 0 Å². The molecule has 1 fully saturated rings. The summed E-state index contributed by atoms with van der Waals surface area (Å²) in [5.41, 5.74) is 1.16. The highest BCUT2D eigenvalue weighted by Gasteiger charge is 2.39. The summed E-state index contributed by atoms with van der Waals surface area (Å²) in [6.07, 6.45) is -0.148. The van der Waals surface area contributed by atoms with Gasteiger partial charge in [0.15, 0.2) is 5.58 Å². The lowest BCUT2D eigenvalue weighted by Crippen LogP contribution is -2.26. The van der Waals surface area contributed by atoms with Crippen LogP contribution in [-0.2, 0) is 13.8 Å². The fourth-order valence-corrected chi connectivity index (χ4v) is 3.05. The number of hydrogen-bond acceptors (Lipinski definition) is 5. The third-order valence-corrected chi connectivity index (χ3v) is 4.87. The number of carbonyl (C=O) groups excluding carboxylic acids is 1. The Labute approximate surface area is 113 Å². The molecule has 100 valence electrons. The molecule has 0 bridgehead atoms. The fourth-order valence-electron chi connectivity index (χ4n) is 2.02. The fraction of sp³-hybridized carbons (Fsp3) is 0.273. The molecule has 1 aliphatic rings. The maximum absolute atomic E-state index is 11.8. The van der Waals surface area contributed by atoms with E-state index in [-0.39, 0.29) is 24.9 Å². The molecule has 0 radical (unpaired) electrons. The minimum Gasteiger partial charge on any atom is -0.423 e. The van der Waals surface area contributed by atoms with Crippen LogP contribution in [0.5, 0.6) is 0 Å². The average Bonchev–Trinajstić information content (AvgIpc) is 2.90. The molecule has 0 saturated carbocycles. The molecule has 3 rings (SSSR count). The Morgan fingerprint density at radius 2 is 2.11 bits per heavy atom. The van der Waals surface area contributed by atoms with E-state index in [2.05, 4.69) is 4.98 Å². The predicted octanol–water partition coefficient (Wildman–Crippen LogP) is 1.50. The number of halogens is 1. The second-order valence-electron chi connectivity index (χ2n) is 4.27. The van der Waals surface area contributed by atoms with Crippen LogP contribution in [0.1, 0.15) is 6.42 Å². The number of para-hydroxylation sites is 2. The van der Waals surface area contributed by atoms with E-state index in [0.29, 0.717) is 11.1 Å². The first-order valence-electron chi connectivity index (χ1n) is 5.54. The van der Waals surface area contributed by atoms with E-state index in [9.17, 15) is 13.2 Å². The van der Waals surface area contributed by atoms with Crippen molar-refractivity contribution in [1.29, 1.82) is 0 Å². The van der Waals surface area contributed by atoms with Gasteiger partial charge in [-0.25, -0.2) is 8.42 Å². The van der Waals surface area contributed by atoms with Gasteiger partial charge >= 0.3 is 6.01 Å². The van der Waals surface area contributed by atoms with Gasteiger partial charge in [0.1, 0.15) is 10.8 Å². The number of benzene rings is 1. The number of amides is 1. The quantitative estimate of drug-likeness (QED) is 0.785. The van der Waals surface area contributed by atoms with Gasteiger partial charge in [0.25, 0.3) is 0 Å². The summed E-state index contributed by atoms with van der Waals surface area (Å²) in [6.45, 7) is -0.0303. The first-order valence-corrected chi connectivity index (χ1v) is 7.92. The van der Waals surface area contributed by atoms with Gasteiger partial charge in [-0.3, -0.25) is 9.69 Å². The number of rotatable bonds is 2. The van der Waals surface area contributed by atoms with E-state index in [1.807, 2.05) is 0 Å². The minimum atomic E-state index is -3.77. The summed E-state index contributed by atoms with van der Waals surface area (Å²) in [5, 5.41) is -0.920. The topological polar surface area (TPSA) is 80.5 Å². The van der Waals surface area contributed by atoms with Crippen molar-refractivity contribution in [3.05, 3.63) is 24.3 Å². The third kappa shape index (κ3) is 2.19. The number of carbonyl (C=O) groups is 1. The first-order chi connectivity index (χ1) is 8.95. The lowest BCUT2D eigenvalue weighted by Gasteiger charge is -2.09. The van der Waals surface area contributed by atoms with Crippen molar-refractivity contribution in [1.82, 2.24) is 4.98 Å². The Morgan fingerprint density at radius 1 is 1.37 bits per heavy atom. The largest absolute Gasteiger partial charge is 0.423 e. The number of nitrogens with zero attached hydrogens (tertiary/aromatic N) is 2. The summed E-state index contributed by atoms with van der Waals surface area (Å²) in [7, 11) is 1.51. The number of anilines is 1.